The van der Waals surface area contributed by atoms with Crippen LogP contribution in [0.2, 0.25) is 0 Å². The predicted octanol–water partition coefficient (Wildman–Crippen LogP) is 2.64. The third-order valence-corrected chi connectivity index (χ3v) is 6.41. The van der Waals surface area contributed by atoms with E-state index in [1.165, 1.54) is 16.7 Å². The molecule has 0 saturated carbocycles. The van der Waals surface area contributed by atoms with Crippen LogP contribution in [-0.4, -0.2) is 72.5 Å². The number of urea groups is 1. The van der Waals surface area contributed by atoms with Crippen LogP contribution in [-0.2, 0) is 6.54 Å². The highest BCUT2D eigenvalue weighted by molar-refractivity contribution is 5.76. The minimum atomic E-state index is -0.512. The Bertz CT molecular complexity index is 924. The van der Waals surface area contributed by atoms with E-state index >= 15 is 0 Å². The number of amides is 2. The highest BCUT2D eigenvalue weighted by Gasteiger charge is 2.33. The monoisotopic (exact) mass is 439 g/mol. The number of aryl methyl sites for hydroxylation is 2. The van der Waals surface area contributed by atoms with E-state index in [9.17, 15) is 9.90 Å². The molecule has 2 atom stereocenters. The Morgan fingerprint density at radius 1 is 1.06 bits per heavy atom. The summed E-state index contributed by atoms with van der Waals surface area (Å²) >= 11 is 0. The number of carbonyl (C=O) groups is 1. The van der Waals surface area contributed by atoms with E-state index < -0.39 is 6.10 Å². The molecule has 2 heterocycles. The van der Waals surface area contributed by atoms with Crippen molar-refractivity contribution in [1.29, 1.82) is 0 Å². The smallest absolute Gasteiger partial charge is 0.317 e. The Balaban J connectivity index is 1.26. The van der Waals surface area contributed by atoms with Crippen LogP contribution in [0, 0.1) is 20.8 Å². The number of aliphatic hydroxyl groups excluding tert-OH is 1. The first-order valence-electron chi connectivity index (χ1n) is 11.3. The zero-order valence-corrected chi connectivity index (χ0v) is 19.1. The maximum Gasteiger partial charge on any atom is 0.317 e. The summed E-state index contributed by atoms with van der Waals surface area (Å²) in [6.45, 7) is 10.8. The SMILES string of the molecule is Cc1cc(O[C@H]2CN(Cc3ccc(OCCN4CCNC4=O)cc3)C[C@@H]2O)cc(C)c1C. The Morgan fingerprint density at radius 2 is 1.78 bits per heavy atom. The molecule has 2 aliphatic heterocycles. The number of carbonyl (C=O) groups excluding carboxylic acids is 1. The molecular weight excluding hydrogens is 406 g/mol. The van der Waals surface area contributed by atoms with E-state index in [0.717, 1.165) is 30.2 Å². The quantitative estimate of drug-likeness (QED) is 0.662. The number of ether oxygens (including phenoxy) is 2. The van der Waals surface area contributed by atoms with Gasteiger partial charge in [-0.15, -0.1) is 0 Å². The summed E-state index contributed by atoms with van der Waals surface area (Å²) < 4.78 is 11.9. The lowest BCUT2D eigenvalue weighted by Gasteiger charge is -2.19. The fourth-order valence-corrected chi connectivity index (χ4v) is 4.26. The lowest BCUT2D eigenvalue weighted by Crippen LogP contribution is -2.31. The average Bonchev–Trinajstić information content (AvgIpc) is 3.32. The van der Waals surface area contributed by atoms with Crippen LogP contribution in [0.15, 0.2) is 36.4 Å². The van der Waals surface area contributed by atoms with Gasteiger partial charge in [0.1, 0.15) is 30.3 Å². The van der Waals surface area contributed by atoms with Crippen molar-refractivity contribution in [2.24, 2.45) is 0 Å². The summed E-state index contributed by atoms with van der Waals surface area (Å²) in [5, 5.41) is 13.3. The van der Waals surface area contributed by atoms with E-state index in [1.54, 1.807) is 4.90 Å². The Labute approximate surface area is 189 Å². The van der Waals surface area contributed by atoms with Gasteiger partial charge in [-0.05, 0) is 67.3 Å². The Hall–Kier alpha value is -2.77. The molecule has 4 rings (SSSR count). The second-order valence-corrected chi connectivity index (χ2v) is 8.81. The average molecular weight is 440 g/mol. The van der Waals surface area contributed by atoms with Gasteiger partial charge in [-0.1, -0.05) is 12.1 Å². The number of aliphatic hydroxyl groups is 1. The molecule has 0 unspecified atom stereocenters. The predicted molar refractivity (Wildman–Crippen MR) is 123 cm³/mol. The van der Waals surface area contributed by atoms with Crippen molar-refractivity contribution in [2.75, 3.05) is 39.3 Å². The van der Waals surface area contributed by atoms with Crippen LogP contribution in [0.1, 0.15) is 22.3 Å². The van der Waals surface area contributed by atoms with E-state index in [2.05, 4.69) is 31.0 Å². The molecule has 0 spiro atoms. The molecule has 2 aromatic carbocycles. The lowest BCUT2D eigenvalue weighted by atomic mass is 10.0. The van der Waals surface area contributed by atoms with Crippen LogP contribution >= 0.6 is 0 Å². The van der Waals surface area contributed by atoms with E-state index in [4.69, 9.17) is 9.47 Å². The van der Waals surface area contributed by atoms with Gasteiger partial charge in [-0.25, -0.2) is 4.79 Å². The van der Waals surface area contributed by atoms with E-state index in [1.807, 2.05) is 36.4 Å². The topological polar surface area (TPSA) is 74.3 Å². The van der Waals surface area contributed by atoms with Gasteiger partial charge in [0, 0.05) is 32.7 Å². The van der Waals surface area contributed by atoms with Gasteiger partial charge in [-0.2, -0.15) is 0 Å². The maximum atomic E-state index is 11.5. The van der Waals surface area contributed by atoms with Crippen molar-refractivity contribution in [2.45, 2.75) is 39.5 Å². The second-order valence-electron chi connectivity index (χ2n) is 8.81. The van der Waals surface area contributed by atoms with Crippen LogP contribution in [0.25, 0.3) is 0 Å². The summed E-state index contributed by atoms with van der Waals surface area (Å²) in [5.41, 5.74) is 4.84. The zero-order chi connectivity index (χ0) is 22.7. The van der Waals surface area contributed by atoms with E-state index in [0.29, 0.717) is 32.8 Å². The van der Waals surface area contributed by atoms with Crippen molar-refractivity contribution in [3.05, 3.63) is 58.7 Å². The molecule has 0 aliphatic carbocycles. The molecule has 0 aromatic heterocycles. The van der Waals surface area contributed by atoms with Gasteiger partial charge in [0.05, 0.1) is 6.54 Å². The van der Waals surface area contributed by atoms with Crippen molar-refractivity contribution < 1.29 is 19.4 Å². The first kappa shape index (κ1) is 22.4. The molecule has 2 saturated heterocycles. The van der Waals surface area contributed by atoms with Crippen LogP contribution < -0.4 is 14.8 Å². The van der Waals surface area contributed by atoms with Gasteiger partial charge in [0.15, 0.2) is 0 Å². The molecule has 0 radical (unpaired) electrons. The normalized spacial score (nSPS) is 21.1. The number of hydrogen-bond acceptors (Lipinski definition) is 5. The minimum Gasteiger partial charge on any atom is -0.492 e. The molecule has 2 aliphatic rings. The standard InChI is InChI=1S/C25H33N3O4/c1-17-12-22(13-18(2)19(17)3)32-24-16-27(15-23(24)29)14-20-4-6-21(7-5-20)31-11-10-28-9-8-26-25(28)30/h4-7,12-13,23-24,29H,8-11,14-16H2,1-3H3,(H,26,30)/t23-,24-/m0/s1. The molecule has 7 nitrogen and oxygen atoms in total. The molecular formula is C25H33N3O4. The van der Waals surface area contributed by atoms with Crippen LogP contribution in [0.3, 0.4) is 0 Å². The number of hydrogen-bond donors (Lipinski definition) is 2. The maximum absolute atomic E-state index is 11.5. The Morgan fingerprint density at radius 3 is 2.44 bits per heavy atom. The fraction of sp³-hybridized carbons (Fsp3) is 0.480. The molecule has 32 heavy (non-hydrogen) atoms. The highest BCUT2D eigenvalue weighted by Crippen LogP contribution is 2.25. The summed E-state index contributed by atoms with van der Waals surface area (Å²) in [7, 11) is 0. The molecule has 7 heteroatoms. The zero-order valence-electron chi connectivity index (χ0n) is 19.1. The summed E-state index contributed by atoms with van der Waals surface area (Å²) in [5.74, 6) is 1.62. The molecule has 0 bridgehead atoms. The number of nitrogens with one attached hydrogen (secondary N) is 1. The number of nitrogens with zero attached hydrogens (tertiary/aromatic N) is 2. The van der Waals surface area contributed by atoms with Gasteiger partial charge in [-0.3, -0.25) is 4.90 Å². The minimum absolute atomic E-state index is 0.0216. The van der Waals surface area contributed by atoms with Crippen LogP contribution in [0.4, 0.5) is 4.79 Å². The number of β-amino-alcohol motifs (C(OH)–C–C–N with tert-alkyl or cyclic N) is 1. The van der Waals surface area contributed by atoms with Crippen LogP contribution in [0.5, 0.6) is 11.5 Å². The summed E-state index contributed by atoms with van der Waals surface area (Å²) in [4.78, 5) is 15.5. The second kappa shape index (κ2) is 9.79. The first-order valence-corrected chi connectivity index (χ1v) is 11.3. The Kier molecular flexibility index (Phi) is 6.86. The third kappa shape index (κ3) is 5.34. The molecule has 2 N–H and O–H groups in total. The lowest BCUT2D eigenvalue weighted by molar-refractivity contribution is 0.0736. The van der Waals surface area contributed by atoms with Crippen molar-refractivity contribution >= 4 is 6.03 Å². The first-order chi connectivity index (χ1) is 15.4. The number of rotatable bonds is 8. The molecule has 172 valence electrons. The number of benzene rings is 2. The largest absolute Gasteiger partial charge is 0.492 e. The van der Waals surface area contributed by atoms with Gasteiger partial charge >= 0.3 is 6.03 Å². The summed E-state index contributed by atoms with van der Waals surface area (Å²) in [6, 6.07) is 12.1. The third-order valence-electron chi connectivity index (χ3n) is 6.41. The fourth-order valence-electron chi connectivity index (χ4n) is 4.26. The van der Waals surface area contributed by atoms with Crippen molar-refractivity contribution in [3.8, 4) is 11.5 Å². The van der Waals surface area contributed by atoms with Crippen molar-refractivity contribution in [3.63, 3.8) is 0 Å². The molecule has 2 amide bonds. The van der Waals surface area contributed by atoms with E-state index in [-0.39, 0.29) is 12.1 Å². The van der Waals surface area contributed by atoms with Crippen molar-refractivity contribution in [1.82, 2.24) is 15.1 Å². The number of likely N-dealkylation sites (tertiary alicyclic amines) is 1. The molecule has 2 fully saturated rings. The highest BCUT2D eigenvalue weighted by atomic mass is 16.5. The van der Waals surface area contributed by atoms with Gasteiger partial charge in [0.25, 0.3) is 0 Å². The summed E-state index contributed by atoms with van der Waals surface area (Å²) in [6.07, 6.45) is -0.746. The van der Waals surface area contributed by atoms with Gasteiger partial charge < -0.3 is 24.8 Å². The van der Waals surface area contributed by atoms with Gasteiger partial charge in [0.2, 0.25) is 0 Å². The molecule has 2 aromatic rings.